The molecule has 1 aliphatic heterocycles. The van der Waals surface area contributed by atoms with Crippen molar-refractivity contribution in [3.05, 3.63) is 42.5 Å². The Balaban J connectivity index is 1.45. The zero-order chi connectivity index (χ0) is 24.5. The third-order valence-electron chi connectivity index (χ3n) is 7.15. The molecule has 0 amide bonds. The number of nitrogens with zero attached hydrogens (tertiary/aromatic N) is 5. The number of rotatable bonds is 8. The highest BCUT2D eigenvalue weighted by Crippen LogP contribution is 2.45. The lowest BCUT2D eigenvalue weighted by Crippen LogP contribution is -2.36. The first-order chi connectivity index (χ1) is 16.9. The minimum atomic E-state index is -0.301. The minimum absolute atomic E-state index is 0.296. The van der Waals surface area contributed by atoms with Crippen molar-refractivity contribution in [3.63, 3.8) is 0 Å². The van der Waals surface area contributed by atoms with Crippen molar-refractivity contribution in [1.29, 1.82) is 0 Å². The Morgan fingerprint density at radius 1 is 1.14 bits per heavy atom. The van der Waals surface area contributed by atoms with Crippen LogP contribution in [0.4, 0.5) is 15.8 Å². The molecule has 2 aromatic heterocycles. The van der Waals surface area contributed by atoms with Gasteiger partial charge in [0.1, 0.15) is 5.82 Å². The Kier molecular flexibility index (Phi) is 6.75. The maximum Gasteiger partial charge on any atom is 0.213 e. The maximum atomic E-state index is 15.2. The van der Waals surface area contributed by atoms with E-state index in [1.54, 1.807) is 19.4 Å². The van der Waals surface area contributed by atoms with Crippen LogP contribution >= 0.6 is 0 Å². The molecule has 2 atom stereocenters. The topological polar surface area (TPSA) is 54.0 Å². The molecular formula is C27H34FN5O2. The van der Waals surface area contributed by atoms with Crippen LogP contribution < -0.4 is 14.5 Å². The van der Waals surface area contributed by atoms with Crippen LogP contribution in [0.25, 0.3) is 22.0 Å². The van der Waals surface area contributed by atoms with E-state index in [1.165, 1.54) is 0 Å². The van der Waals surface area contributed by atoms with E-state index in [0.29, 0.717) is 35.7 Å². The summed E-state index contributed by atoms with van der Waals surface area (Å²) in [6.07, 6.45) is 7.92. The number of hydrogen-bond acceptors (Lipinski definition) is 7. The Hall–Kier alpha value is -2.97. The molecule has 1 aromatic carbocycles. The van der Waals surface area contributed by atoms with E-state index in [9.17, 15) is 0 Å². The minimum Gasteiger partial charge on any atom is -0.478 e. The molecule has 1 saturated carbocycles. The number of hydrogen-bond donors (Lipinski definition) is 0. The zero-order valence-corrected chi connectivity index (χ0v) is 21.0. The molecule has 0 saturated heterocycles. The quantitative estimate of drug-likeness (QED) is 0.440. The maximum absolute atomic E-state index is 15.2. The summed E-state index contributed by atoms with van der Waals surface area (Å²) in [5.41, 5.74) is 4.13. The molecule has 0 unspecified atom stereocenters. The molecule has 1 fully saturated rings. The van der Waals surface area contributed by atoms with Crippen molar-refractivity contribution >= 4 is 22.3 Å². The number of ether oxygens (including phenoxy) is 2. The van der Waals surface area contributed by atoms with Gasteiger partial charge < -0.3 is 24.2 Å². The molecule has 0 radical (unpaired) electrons. The fourth-order valence-corrected chi connectivity index (χ4v) is 5.26. The molecule has 0 bridgehead atoms. The standard InChI is InChI=1S/C27H34FN5O2/c1-31(2)10-5-11-35-26-9-6-18(15-30-26)21-13-22-24(14-23(21)28)29-16-25-27(22)33(17-32(25)3)19-7-8-20(12-19)34-4/h6,9,13-16,19-20H,5,7-8,10-12,17H2,1-4H3/t19-,20-/m0/s1. The lowest BCUT2D eigenvalue weighted by molar-refractivity contribution is 0.108. The number of pyridine rings is 2. The SMILES string of the molecule is CO[C@H]1CC[C@H](N2CN(C)c3cnc4cc(F)c(-c5ccc(OCCCN(C)C)nc5)cc4c32)C1. The molecule has 186 valence electrons. The second-order valence-electron chi connectivity index (χ2n) is 9.87. The van der Waals surface area contributed by atoms with Crippen LogP contribution in [0.5, 0.6) is 5.88 Å². The van der Waals surface area contributed by atoms with Gasteiger partial charge in [0.25, 0.3) is 0 Å². The molecule has 2 aliphatic rings. The summed E-state index contributed by atoms with van der Waals surface area (Å²) in [6, 6.07) is 7.55. The third kappa shape index (κ3) is 4.77. The smallest absolute Gasteiger partial charge is 0.213 e. The molecule has 8 heteroatoms. The monoisotopic (exact) mass is 479 g/mol. The van der Waals surface area contributed by atoms with Gasteiger partial charge in [0.05, 0.1) is 42.5 Å². The number of fused-ring (bicyclic) bond motifs is 3. The van der Waals surface area contributed by atoms with Gasteiger partial charge in [-0.15, -0.1) is 0 Å². The van der Waals surface area contributed by atoms with Crippen molar-refractivity contribution in [3.8, 4) is 17.0 Å². The normalized spacial score (nSPS) is 19.7. The Labute approximate surface area is 206 Å². The second kappa shape index (κ2) is 9.95. The molecule has 1 aliphatic carbocycles. The molecule has 3 aromatic rings. The summed E-state index contributed by atoms with van der Waals surface area (Å²) < 4.78 is 26.6. The van der Waals surface area contributed by atoms with Gasteiger partial charge in [-0.3, -0.25) is 4.98 Å². The van der Waals surface area contributed by atoms with Crippen molar-refractivity contribution in [2.45, 2.75) is 37.8 Å². The first-order valence-corrected chi connectivity index (χ1v) is 12.3. The molecule has 3 heterocycles. The van der Waals surface area contributed by atoms with Gasteiger partial charge in [0, 0.05) is 61.6 Å². The second-order valence-corrected chi connectivity index (χ2v) is 9.87. The number of benzene rings is 1. The van der Waals surface area contributed by atoms with E-state index in [4.69, 9.17) is 9.47 Å². The van der Waals surface area contributed by atoms with Gasteiger partial charge >= 0.3 is 0 Å². The van der Waals surface area contributed by atoms with Crippen LogP contribution in [0.15, 0.2) is 36.7 Å². The van der Waals surface area contributed by atoms with E-state index in [2.05, 4.69) is 31.7 Å². The van der Waals surface area contributed by atoms with Gasteiger partial charge in [-0.1, -0.05) is 0 Å². The average molecular weight is 480 g/mol. The van der Waals surface area contributed by atoms with Crippen LogP contribution in [-0.4, -0.2) is 75.1 Å². The Morgan fingerprint density at radius 3 is 2.71 bits per heavy atom. The molecular weight excluding hydrogens is 445 g/mol. The lowest BCUT2D eigenvalue weighted by atomic mass is 10.0. The Morgan fingerprint density at radius 2 is 2.00 bits per heavy atom. The van der Waals surface area contributed by atoms with Gasteiger partial charge in [-0.2, -0.15) is 0 Å². The molecule has 35 heavy (non-hydrogen) atoms. The van der Waals surface area contributed by atoms with E-state index >= 15 is 4.39 Å². The highest BCUT2D eigenvalue weighted by atomic mass is 19.1. The summed E-state index contributed by atoms with van der Waals surface area (Å²) in [7, 11) is 7.95. The van der Waals surface area contributed by atoms with Crippen molar-refractivity contribution < 1.29 is 13.9 Å². The van der Waals surface area contributed by atoms with Crippen LogP contribution in [0.3, 0.4) is 0 Å². The number of methoxy groups -OCH3 is 1. The largest absolute Gasteiger partial charge is 0.478 e. The summed E-state index contributed by atoms with van der Waals surface area (Å²) in [5, 5.41) is 0.966. The predicted octanol–water partition coefficient (Wildman–Crippen LogP) is 4.55. The highest BCUT2D eigenvalue weighted by molar-refractivity contribution is 6.02. The van der Waals surface area contributed by atoms with Crippen LogP contribution in [-0.2, 0) is 4.74 Å². The Bertz CT molecular complexity index is 1190. The first-order valence-electron chi connectivity index (χ1n) is 12.3. The van der Waals surface area contributed by atoms with Gasteiger partial charge in [-0.05, 0) is 51.9 Å². The molecule has 0 spiro atoms. The van der Waals surface area contributed by atoms with Crippen LogP contribution in [0.1, 0.15) is 25.7 Å². The third-order valence-corrected chi connectivity index (χ3v) is 7.15. The van der Waals surface area contributed by atoms with Crippen LogP contribution in [0.2, 0.25) is 0 Å². The summed E-state index contributed by atoms with van der Waals surface area (Å²) >= 11 is 0. The van der Waals surface area contributed by atoms with Gasteiger partial charge in [0.2, 0.25) is 5.88 Å². The first kappa shape index (κ1) is 23.8. The predicted molar refractivity (Wildman–Crippen MR) is 138 cm³/mol. The summed E-state index contributed by atoms with van der Waals surface area (Å²) in [6.45, 7) is 2.35. The molecule has 5 rings (SSSR count). The van der Waals surface area contributed by atoms with Gasteiger partial charge in [0.15, 0.2) is 0 Å². The number of anilines is 2. The van der Waals surface area contributed by atoms with E-state index < -0.39 is 0 Å². The van der Waals surface area contributed by atoms with Gasteiger partial charge in [-0.25, -0.2) is 9.37 Å². The fourth-order valence-electron chi connectivity index (χ4n) is 5.26. The molecule has 0 N–H and O–H groups in total. The number of aromatic nitrogens is 2. The van der Waals surface area contributed by atoms with Crippen molar-refractivity contribution in [2.75, 3.05) is 57.9 Å². The lowest BCUT2D eigenvalue weighted by Gasteiger charge is -2.27. The fraction of sp³-hybridized carbons (Fsp3) is 0.481. The van der Waals surface area contributed by atoms with Crippen molar-refractivity contribution in [2.24, 2.45) is 0 Å². The summed E-state index contributed by atoms with van der Waals surface area (Å²) in [4.78, 5) is 15.8. The molecule has 7 nitrogen and oxygen atoms in total. The van der Waals surface area contributed by atoms with Crippen LogP contribution in [0, 0.1) is 5.82 Å². The summed E-state index contributed by atoms with van der Waals surface area (Å²) in [5.74, 6) is 0.252. The van der Waals surface area contributed by atoms with E-state index in [1.807, 2.05) is 38.5 Å². The zero-order valence-electron chi connectivity index (χ0n) is 21.0. The number of halogens is 1. The highest BCUT2D eigenvalue weighted by Gasteiger charge is 2.36. The van der Waals surface area contributed by atoms with E-state index in [-0.39, 0.29) is 5.82 Å². The van der Waals surface area contributed by atoms with Crippen molar-refractivity contribution in [1.82, 2.24) is 14.9 Å². The van der Waals surface area contributed by atoms with E-state index in [0.717, 1.165) is 61.2 Å². The average Bonchev–Trinajstić information content (AvgIpc) is 3.46.